The maximum Gasteiger partial charge on any atom is 0.251 e. The first-order valence-electron chi connectivity index (χ1n) is 6.46. The number of halogens is 2. The number of nitrogen functional groups attached to an aromatic ring is 1. The standard InChI is InChI=1S/C14H18F2N2O/c15-14(16)6-8-18(9-7-14)13(19)5-4-11-2-1-3-12(17)10-11/h1-3,10H,4-9,17H2. The van der Waals surface area contributed by atoms with Crippen LogP contribution in [0.25, 0.3) is 0 Å². The molecule has 2 N–H and O–H groups in total. The van der Waals surface area contributed by atoms with E-state index in [1.807, 2.05) is 18.2 Å². The SMILES string of the molecule is Nc1cccc(CCC(=O)N2CCC(F)(F)CC2)c1. The number of alkyl halides is 2. The van der Waals surface area contributed by atoms with Gasteiger partial charge in [0.1, 0.15) is 0 Å². The molecule has 19 heavy (non-hydrogen) atoms. The van der Waals surface area contributed by atoms with Gasteiger partial charge in [-0.1, -0.05) is 12.1 Å². The Morgan fingerprint density at radius 3 is 2.63 bits per heavy atom. The van der Waals surface area contributed by atoms with Crippen molar-refractivity contribution >= 4 is 11.6 Å². The fourth-order valence-corrected chi connectivity index (χ4v) is 2.24. The lowest BCUT2D eigenvalue weighted by atomic mass is 10.0. The zero-order chi connectivity index (χ0) is 13.9. The molecule has 5 heteroatoms. The molecule has 1 aromatic rings. The second-order valence-electron chi connectivity index (χ2n) is 4.98. The molecule has 1 aliphatic rings. The molecule has 1 fully saturated rings. The van der Waals surface area contributed by atoms with Crippen molar-refractivity contribution in [3.05, 3.63) is 29.8 Å². The molecule has 2 rings (SSSR count). The van der Waals surface area contributed by atoms with Crippen molar-refractivity contribution in [2.45, 2.75) is 31.6 Å². The maximum absolute atomic E-state index is 13.0. The van der Waals surface area contributed by atoms with E-state index >= 15 is 0 Å². The number of anilines is 1. The number of amides is 1. The first-order valence-corrected chi connectivity index (χ1v) is 6.46. The lowest BCUT2D eigenvalue weighted by molar-refractivity contribution is -0.137. The minimum absolute atomic E-state index is 0.0575. The van der Waals surface area contributed by atoms with Crippen molar-refractivity contribution in [2.75, 3.05) is 18.8 Å². The van der Waals surface area contributed by atoms with Crippen LogP contribution in [0.2, 0.25) is 0 Å². The van der Waals surface area contributed by atoms with Crippen LogP contribution in [0.4, 0.5) is 14.5 Å². The summed E-state index contributed by atoms with van der Waals surface area (Å²) in [6.45, 7) is 0.311. The van der Waals surface area contributed by atoms with Crippen LogP contribution in [0.3, 0.4) is 0 Å². The van der Waals surface area contributed by atoms with E-state index in [0.29, 0.717) is 18.5 Å². The summed E-state index contributed by atoms with van der Waals surface area (Å²) in [4.78, 5) is 13.4. The van der Waals surface area contributed by atoms with E-state index in [4.69, 9.17) is 5.73 Å². The van der Waals surface area contributed by atoms with Gasteiger partial charge in [-0.25, -0.2) is 8.78 Å². The fraction of sp³-hybridized carbons (Fsp3) is 0.500. The van der Waals surface area contributed by atoms with Crippen LogP contribution in [0, 0.1) is 0 Å². The fourth-order valence-electron chi connectivity index (χ4n) is 2.24. The van der Waals surface area contributed by atoms with Crippen molar-refractivity contribution in [3.8, 4) is 0 Å². The number of nitrogens with zero attached hydrogens (tertiary/aromatic N) is 1. The van der Waals surface area contributed by atoms with E-state index < -0.39 is 5.92 Å². The zero-order valence-corrected chi connectivity index (χ0v) is 10.7. The third-order valence-electron chi connectivity index (χ3n) is 3.43. The number of aryl methyl sites for hydroxylation is 1. The number of carbonyl (C=O) groups excluding carboxylic acids is 1. The minimum Gasteiger partial charge on any atom is -0.399 e. The molecule has 1 amide bonds. The van der Waals surface area contributed by atoms with Gasteiger partial charge >= 0.3 is 0 Å². The number of hydrogen-bond acceptors (Lipinski definition) is 2. The molecule has 3 nitrogen and oxygen atoms in total. The van der Waals surface area contributed by atoms with Crippen molar-refractivity contribution in [3.63, 3.8) is 0 Å². The molecule has 0 aliphatic carbocycles. The summed E-state index contributed by atoms with van der Waals surface area (Å²) in [5, 5.41) is 0. The molecule has 0 aromatic heterocycles. The Hall–Kier alpha value is -1.65. The van der Waals surface area contributed by atoms with Crippen LogP contribution in [-0.2, 0) is 11.2 Å². The molecule has 0 unspecified atom stereocenters. The van der Waals surface area contributed by atoms with Crippen LogP contribution >= 0.6 is 0 Å². The predicted octanol–water partition coefficient (Wildman–Crippen LogP) is 2.46. The molecule has 1 aliphatic heterocycles. The van der Waals surface area contributed by atoms with E-state index in [2.05, 4.69) is 0 Å². The maximum atomic E-state index is 13.0. The van der Waals surface area contributed by atoms with Gasteiger partial charge in [-0.05, 0) is 24.1 Å². The molecule has 104 valence electrons. The van der Waals surface area contributed by atoms with Gasteiger partial charge in [-0.2, -0.15) is 0 Å². The van der Waals surface area contributed by atoms with Gasteiger partial charge in [0.05, 0.1) is 0 Å². The summed E-state index contributed by atoms with van der Waals surface area (Å²) >= 11 is 0. The first kappa shape index (κ1) is 13.8. The zero-order valence-electron chi connectivity index (χ0n) is 10.7. The van der Waals surface area contributed by atoms with Crippen LogP contribution < -0.4 is 5.73 Å². The summed E-state index contributed by atoms with van der Waals surface area (Å²) in [6, 6.07) is 7.38. The molecular weight excluding hydrogens is 250 g/mol. The van der Waals surface area contributed by atoms with Gasteiger partial charge in [-0.3, -0.25) is 4.79 Å². The minimum atomic E-state index is -2.61. The Morgan fingerprint density at radius 2 is 2.00 bits per heavy atom. The summed E-state index contributed by atoms with van der Waals surface area (Å²) in [7, 11) is 0. The highest BCUT2D eigenvalue weighted by Gasteiger charge is 2.35. The van der Waals surface area contributed by atoms with Crippen molar-refractivity contribution in [1.82, 2.24) is 4.90 Å². The second kappa shape index (κ2) is 5.55. The van der Waals surface area contributed by atoms with E-state index in [0.717, 1.165) is 5.56 Å². The highest BCUT2D eigenvalue weighted by atomic mass is 19.3. The average Bonchev–Trinajstić information content (AvgIpc) is 2.36. The molecular formula is C14H18F2N2O. The van der Waals surface area contributed by atoms with Gasteiger partial charge in [0.25, 0.3) is 5.92 Å². The number of nitrogens with two attached hydrogens (primary N) is 1. The van der Waals surface area contributed by atoms with Gasteiger partial charge in [0.2, 0.25) is 5.91 Å². The average molecular weight is 268 g/mol. The Bertz CT molecular complexity index is 453. The summed E-state index contributed by atoms with van der Waals surface area (Å²) in [5.74, 6) is -2.66. The van der Waals surface area contributed by atoms with Crippen LogP contribution in [0.1, 0.15) is 24.8 Å². The third-order valence-corrected chi connectivity index (χ3v) is 3.43. The normalized spacial score (nSPS) is 18.3. The molecule has 0 atom stereocenters. The Morgan fingerprint density at radius 1 is 1.32 bits per heavy atom. The van der Waals surface area contributed by atoms with E-state index in [-0.39, 0.29) is 31.8 Å². The predicted molar refractivity (Wildman–Crippen MR) is 69.9 cm³/mol. The van der Waals surface area contributed by atoms with E-state index in [1.54, 1.807) is 6.07 Å². The Balaban J connectivity index is 1.82. The van der Waals surface area contributed by atoms with Gasteiger partial charge < -0.3 is 10.6 Å². The number of benzene rings is 1. The summed E-state index contributed by atoms with van der Waals surface area (Å²) in [6.07, 6.45) is 0.486. The highest BCUT2D eigenvalue weighted by Crippen LogP contribution is 2.27. The van der Waals surface area contributed by atoms with Gasteiger partial charge in [0.15, 0.2) is 0 Å². The van der Waals surface area contributed by atoms with Crippen molar-refractivity contribution < 1.29 is 13.6 Å². The number of rotatable bonds is 3. The van der Waals surface area contributed by atoms with E-state index in [9.17, 15) is 13.6 Å². The quantitative estimate of drug-likeness (QED) is 0.856. The molecule has 0 spiro atoms. The number of hydrogen-bond donors (Lipinski definition) is 1. The lowest BCUT2D eigenvalue weighted by Gasteiger charge is -2.31. The lowest BCUT2D eigenvalue weighted by Crippen LogP contribution is -2.42. The summed E-state index contributed by atoms with van der Waals surface area (Å²) in [5.41, 5.74) is 7.32. The third kappa shape index (κ3) is 3.91. The van der Waals surface area contributed by atoms with Gasteiger partial charge in [-0.15, -0.1) is 0 Å². The first-order chi connectivity index (χ1) is 8.96. The van der Waals surface area contributed by atoms with Crippen molar-refractivity contribution in [2.24, 2.45) is 0 Å². The van der Waals surface area contributed by atoms with Crippen LogP contribution in [0.15, 0.2) is 24.3 Å². The largest absolute Gasteiger partial charge is 0.399 e. The monoisotopic (exact) mass is 268 g/mol. The Labute approximate surface area is 111 Å². The number of piperidine rings is 1. The molecule has 1 aromatic carbocycles. The van der Waals surface area contributed by atoms with Crippen molar-refractivity contribution in [1.29, 1.82) is 0 Å². The molecule has 0 bridgehead atoms. The van der Waals surface area contributed by atoms with Crippen LogP contribution in [0.5, 0.6) is 0 Å². The second-order valence-corrected chi connectivity index (χ2v) is 4.98. The molecule has 0 radical (unpaired) electrons. The molecule has 1 saturated heterocycles. The highest BCUT2D eigenvalue weighted by molar-refractivity contribution is 5.76. The molecule has 0 saturated carbocycles. The topological polar surface area (TPSA) is 46.3 Å². The summed E-state index contributed by atoms with van der Waals surface area (Å²) < 4.78 is 26.0. The number of carbonyl (C=O) groups is 1. The smallest absolute Gasteiger partial charge is 0.251 e. The number of likely N-dealkylation sites (tertiary alicyclic amines) is 1. The van der Waals surface area contributed by atoms with Crippen LogP contribution in [-0.4, -0.2) is 29.8 Å². The Kier molecular flexibility index (Phi) is 4.02. The van der Waals surface area contributed by atoms with E-state index in [1.165, 1.54) is 4.90 Å². The molecule has 1 heterocycles. The van der Waals surface area contributed by atoms with Gasteiger partial charge in [0, 0.05) is 38.0 Å².